The first kappa shape index (κ1) is 11.7. The summed E-state index contributed by atoms with van der Waals surface area (Å²) in [4.78, 5) is 4.17. The Morgan fingerprint density at radius 1 is 1.50 bits per heavy atom. The van der Waals surface area contributed by atoms with Crippen molar-refractivity contribution in [1.29, 1.82) is 0 Å². The Labute approximate surface area is 101 Å². The third-order valence-electron chi connectivity index (χ3n) is 2.04. The maximum absolute atomic E-state index is 13.4. The van der Waals surface area contributed by atoms with Gasteiger partial charge in [-0.05, 0) is 6.07 Å². The van der Waals surface area contributed by atoms with E-state index in [1.165, 1.54) is 11.8 Å². The number of amidine groups is 1. The molecule has 6 heteroatoms. The minimum absolute atomic E-state index is 0.0142. The quantitative estimate of drug-likeness (QED) is 0.837. The van der Waals surface area contributed by atoms with Crippen LogP contribution in [0.4, 0.5) is 14.5 Å². The van der Waals surface area contributed by atoms with Crippen molar-refractivity contribution in [1.82, 2.24) is 0 Å². The second kappa shape index (κ2) is 4.59. The molecule has 1 aliphatic rings. The van der Waals surface area contributed by atoms with E-state index in [9.17, 15) is 8.78 Å². The van der Waals surface area contributed by atoms with E-state index < -0.39 is 11.6 Å². The van der Waals surface area contributed by atoms with Gasteiger partial charge in [0.25, 0.3) is 0 Å². The van der Waals surface area contributed by atoms with Crippen LogP contribution in [0, 0.1) is 11.6 Å². The lowest BCUT2D eigenvalue weighted by atomic mass is 10.3. The molecule has 1 N–H and O–H groups in total. The number of hydrogen-bond donors (Lipinski definition) is 1. The van der Waals surface area contributed by atoms with Gasteiger partial charge in [0.1, 0.15) is 5.82 Å². The van der Waals surface area contributed by atoms with E-state index in [0.29, 0.717) is 17.0 Å². The van der Waals surface area contributed by atoms with Gasteiger partial charge < -0.3 is 5.32 Å². The monoisotopic (exact) mass is 262 g/mol. The average Bonchev–Trinajstić information content (AvgIpc) is 2.58. The molecule has 1 atom stereocenters. The van der Waals surface area contributed by atoms with Gasteiger partial charge in [0.15, 0.2) is 11.0 Å². The minimum Gasteiger partial charge on any atom is -0.331 e. The van der Waals surface area contributed by atoms with E-state index in [1.54, 1.807) is 0 Å². The molecule has 0 fully saturated rings. The first-order valence-corrected chi connectivity index (χ1v) is 5.94. The molecule has 1 aromatic carbocycles. The van der Waals surface area contributed by atoms with Gasteiger partial charge in [-0.15, -0.1) is 0 Å². The Balaban J connectivity index is 2.22. The van der Waals surface area contributed by atoms with Crippen molar-refractivity contribution in [2.75, 3.05) is 11.9 Å². The lowest BCUT2D eigenvalue weighted by molar-refractivity contribution is 0.586. The summed E-state index contributed by atoms with van der Waals surface area (Å²) >= 11 is 7.24. The molecule has 0 spiro atoms. The Bertz CT molecular complexity index is 427. The molecule has 0 bridgehead atoms. The lowest BCUT2D eigenvalue weighted by Gasteiger charge is -2.09. The largest absolute Gasteiger partial charge is 0.331 e. The molecule has 16 heavy (non-hydrogen) atoms. The molecular weight excluding hydrogens is 254 g/mol. The summed E-state index contributed by atoms with van der Waals surface area (Å²) in [6, 6.07) is 1.86. The highest BCUT2D eigenvalue weighted by molar-refractivity contribution is 8.15. The summed E-state index contributed by atoms with van der Waals surface area (Å²) in [5, 5.41) is 3.77. The summed E-state index contributed by atoms with van der Waals surface area (Å²) in [5.41, 5.74) is 0.0726. The molecule has 0 saturated carbocycles. The van der Waals surface area contributed by atoms with Crippen LogP contribution in [0.25, 0.3) is 0 Å². The number of thioether (sulfide) groups is 1. The van der Waals surface area contributed by atoms with E-state index in [2.05, 4.69) is 10.3 Å². The minimum atomic E-state index is -0.715. The number of rotatable bonds is 1. The van der Waals surface area contributed by atoms with Crippen LogP contribution in [0.5, 0.6) is 0 Å². The van der Waals surface area contributed by atoms with Gasteiger partial charge in [-0.3, -0.25) is 4.99 Å². The molecule has 2 nitrogen and oxygen atoms in total. The third-order valence-corrected chi connectivity index (χ3v) is 3.35. The fourth-order valence-electron chi connectivity index (χ4n) is 1.31. The zero-order valence-corrected chi connectivity index (χ0v) is 10.0. The molecule has 2 rings (SSSR count). The summed E-state index contributed by atoms with van der Waals surface area (Å²) in [7, 11) is 0. The first-order valence-electron chi connectivity index (χ1n) is 4.69. The van der Waals surface area contributed by atoms with Gasteiger partial charge in [0.2, 0.25) is 0 Å². The van der Waals surface area contributed by atoms with Crippen LogP contribution in [0.2, 0.25) is 5.02 Å². The van der Waals surface area contributed by atoms with Gasteiger partial charge in [-0.2, -0.15) is 0 Å². The van der Waals surface area contributed by atoms with E-state index in [-0.39, 0.29) is 10.7 Å². The van der Waals surface area contributed by atoms with Crippen molar-refractivity contribution >= 4 is 34.2 Å². The molecule has 1 aromatic rings. The maximum atomic E-state index is 13.4. The molecule has 1 unspecified atom stereocenters. The third kappa shape index (κ3) is 2.47. The Hall–Kier alpha value is -0.810. The highest BCUT2D eigenvalue weighted by Crippen LogP contribution is 2.29. The van der Waals surface area contributed by atoms with Crippen molar-refractivity contribution in [3.05, 3.63) is 28.8 Å². The fraction of sp³-hybridized carbons (Fsp3) is 0.300. The smallest absolute Gasteiger partial charge is 0.161 e. The van der Waals surface area contributed by atoms with E-state index in [0.717, 1.165) is 12.1 Å². The van der Waals surface area contributed by atoms with Crippen LogP contribution in [0.1, 0.15) is 6.92 Å². The van der Waals surface area contributed by atoms with Crippen molar-refractivity contribution in [3.8, 4) is 0 Å². The van der Waals surface area contributed by atoms with Crippen LogP contribution in [-0.2, 0) is 0 Å². The van der Waals surface area contributed by atoms with Gasteiger partial charge in [-0.25, -0.2) is 8.78 Å². The molecule has 1 heterocycles. The van der Waals surface area contributed by atoms with Crippen molar-refractivity contribution in [2.45, 2.75) is 12.2 Å². The molecule has 0 saturated heterocycles. The maximum Gasteiger partial charge on any atom is 0.161 e. The fourth-order valence-corrected chi connectivity index (χ4v) is 2.40. The highest BCUT2D eigenvalue weighted by Gasteiger charge is 2.18. The summed E-state index contributed by atoms with van der Waals surface area (Å²) in [5.74, 6) is -1.41. The molecule has 86 valence electrons. The van der Waals surface area contributed by atoms with E-state index in [1.807, 2.05) is 6.92 Å². The van der Waals surface area contributed by atoms with Crippen molar-refractivity contribution in [2.24, 2.45) is 4.99 Å². The molecule has 0 radical (unpaired) electrons. The van der Waals surface area contributed by atoms with Crippen molar-refractivity contribution in [3.63, 3.8) is 0 Å². The summed E-state index contributed by atoms with van der Waals surface area (Å²) in [6.07, 6.45) is 0. The van der Waals surface area contributed by atoms with E-state index >= 15 is 0 Å². The normalized spacial score (nSPS) is 19.8. The SMILES string of the molecule is CC1CN=C(Nc2c(F)cc(F)cc2Cl)S1. The number of halogens is 3. The molecular formula is C10H9ClF2N2S. The number of nitrogens with zero attached hydrogens (tertiary/aromatic N) is 1. The molecule has 0 amide bonds. The van der Waals surface area contributed by atoms with E-state index in [4.69, 9.17) is 11.6 Å². The average molecular weight is 263 g/mol. The topological polar surface area (TPSA) is 24.4 Å². The number of aliphatic imine (C=N–C) groups is 1. The number of hydrogen-bond acceptors (Lipinski definition) is 3. The standard InChI is InChI=1S/C10H9ClF2N2S/c1-5-4-14-10(16-5)15-9-7(11)2-6(12)3-8(9)13/h2-3,5H,4H2,1H3,(H,14,15). The van der Waals surface area contributed by atoms with Gasteiger partial charge >= 0.3 is 0 Å². The van der Waals surface area contributed by atoms with Gasteiger partial charge in [0, 0.05) is 11.3 Å². The predicted octanol–water partition coefficient (Wildman–Crippen LogP) is 3.52. The Morgan fingerprint density at radius 3 is 2.81 bits per heavy atom. The Morgan fingerprint density at radius 2 is 2.25 bits per heavy atom. The number of anilines is 1. The lowest BCUT2D eigenvalue weighted by Crippen LogP contribution is -2.08. The summed E-state index contributed by atoms with van der Waals surface area (Å²) in [6.45, 7) is 2.71. The second-order valence-corrected chi connectivity index (χ2v) is 5.28. The molecule has 1 aliphatic heterocycles. The summed E-state index contributed by atoms with van der Waals surface area (Å²) < 4.78 is 26.2. The van der Waals surface area contributed by atoms with Crippen LogP contribution in [0.15, 0.2) is 17.1 Å². The van der Waals surface area contributed by atoms with Gasteiger partial charge in [-0.1, -0.05) is 30.3 Å². The van der Waals surface area contributed by atoms with Crippen LogP contribution in [-0.4, -0.2) is 17.0 Å². The number of benzene rings is 1. The first-order chi connectivity index (χ1) is 7.56. The van der Waals surface area contributed by atoms with Gasteiger partial charge in [0.05, 0.1) is 17.3 Å². The number of nitrogens with one attached hydrogen (secondary N) is 1. The second-order valence-electron chi connectivity index (χ2n) is 3.44. The highest BCUT2D eigenvalue weighted by atomic mass is 35.5. The zero-order valence-electron chi connectivity index (χ0n) is 8.43. The van der Waals surface area contributed by atoms with Crippen LogP contribution < -0.4 is 5.32 Å². The van der Waals surface area contributed by atoms with Crippen molar-refractivity contribution < 1.29 is 8.78 Å². The van der Waals surface area contributed by atoms with Crippen LogP contribution >= 0.6 is 23.4 Å². The predicted molar refractivity (Wildman–Crippen MR) is 64.3 cm³/mol. The zero-order chi connectivity index (χ0) is 11.7. The van der Waals surface area contributed by atoms with Crippen LogP contribution in [0.3, 0.4) is 0 Å². The molecule has 0 aliphatic carbocycles. The Kier molecular flexibility index (Phi) is 3.35. The molecule has 0 aromatic heterocycles.